The van der Waals surface area contributed by atoms with E-state index in [1.54, 1.807) is 18.3 Å². The van der Waals surface area contributed by atoms with Gasteiger partial charge in [-0.15, -0.1) is 5.10 Å². The van der Waals surface area contributed by atoms with Crippen molar-refractivity contribution in [3.05, 3.63) is 58.9 Å². The number of halogens is 1. The van der Waals surface area contributed by atoms with Crippen LogP contribution in [0, 0.1) is 5.82 Å². The summed E-state index contributed by atoms with van der Waals surface area (Å²) in [7, 11) is 0. The molecule has 0 unspecified atom stereocenters. The maximum atomic E-state index is 14.7. The van der Waals surface area contributed by atoms with Crippen LogP contribution < -0.4 is 5.32 Å². The lowest BCUT2D eigenvalue weighted by molar-refractivity contribution is 0.563. The quantitative estimate of drug-likeness (QED) is 0.712. The lowest BCUT2D eigenvalue weighted by Crippen LogP contribution is -2.09. The number of rotatable bonds is 5. The first-order valence-electron chi connectivity index (χ1n) is 9.54. The molecule has 0 aliphatic heterocycles. The summed E-state index contributed by atoms with van der Waals surface area (Å²) in [6.45, 7) is 3.93. The van der Waals surface area contributed by atoms with Crippen LogP contribution in [0.25, 0.3) is 17.0 Å². The highest BCUT2D eigenvalue weighted by Crippen LogP contribution is 2.40. The van der Waals surface area contributed by atoms with Gasteiger partial charge in [0.05, 0.1) is 23.1 Å². The summed E-state index contributed by atoms with van der Waals surface area (Å²) in [6, 6.07) is 3.75. The maximum absolute atomic E-state index is 14.7. The van der Waals surface area contributed by atoms with Crippen LogP contribution in [0.4, 0.5) is 10.4 Å². The van der Waals surface area contributed by atoms with Gasteiger partial charge < -0.3 is 9.73 Å². The number of hydrogen-bond donors (Lipinski definition) is 1. The third-order valence-corrected chi connectivity index (χ3v) is 5.00. The molecule has 2 heterocycles. The van der Waals surface area contributed by atoms with E-state index in [1.807, 2.05) is 20.0 Å². The summed E-state index contributed by atoms with van der Waals surface area (Å²) in [6.07, 6.45) is 8.71. The Labute approximate surface area is 161 Å². The Kier molecular flexibility index (Phi) is 3.96. The minimum atomic E-state index is -0.369. The SMILES string of the molecule is CC(C)Nc1nnc(-c2cc3c(cc2F)CC=C3c2cncc(C3CC3)n2)o1. The van der Waals surface area contributed by atoms with Crippen molar-refractivity contribution in [1.29, 1.82) is 0 Å². The zero-order valence-electron chi connectivity index (χ0n) is 15.7. The van der Waals surface area contributed by atoms with Crippen LogP contribution >= 0.6 is 0 Å². The summed E-state index contributed by atoms with van der Waals surface area (Å²) >= 11 is 0. The first-order chi connectivity index (χ1) is 13.6. The Morgan fingerprint density at radius 2 is 2.00 bits per heavy atom. The first-order valence-corrected chi connectivity index (χ1v) is 9.54. The van der Waals surface area contributed by atoms with E-state index >= 15 is 0 Å². The minimum Gasteiger partial charge on any atom is -0.403 e. The maximum Gasteiger partial charge on any atom is 0.315 e. The molecule has 0 radical (unpaired) electrons. The molecule has 5 rings (SSSR count). The average molecular weight is 377 g/mol. The molecule has 3 aromatic rings. The molecule has 7 heteroatoms. The second-order valence-electron chi connectivity index (χ2n) is 7.63. The normalized spacial score (nSPS) is 15.6. The zero-order valence-corrected chi connectivity index (χ0v) is 15.7. The average Bonchev–Trinajstić information content (AvgIpc) is 3.30. The molecule has 0 saturated heterocycles. The molecule has 2 aliphatic rings. The van der Waals surface area contributed by atoms with E-state index in [1.165, 1.54) is 12.8 Å². The molecular formula is C21H20FN5O. The van der Waals surface area contributed by atoms with Gasteiger partial charge in [0, 0.05) is 23.7 Å². The molecule has 1 aromatic carbocycles. The van der Waals surface area contributed by atoms with Crippen LogP contribution in [0.1, 0.15) is 55.1 Å². The summed E-state index contributed by atoms with van der Waals surface area (Å²) < 4.78 is 20.3. The van der Waals surface area contributed by atoms with Gasteiger partial charge in [0.15, 0.2) is 0 Å². The van der Waals surface area contributed by atoms with Crippen LogP contribution in [-0.2, 0) is 6.42 Å². The van der Waals surface area contributed by atoms with Crippen molar-refractivity contribution in [2.24, 2.45) is 0 Å². The van der Waals surface area contributed by atoms with E-state index in [9.17, 15) is 4.39 Å². The molecule has 1 fully saturated rings. The fourth-order valence-corrected chi connectivity index (χ4v) is 3.49. The van der Waals surface area contributed by atoms with Crippen LogP contribution in [-0.4, -0.2) is 26.2 Å². The van der Waals surface area contributed by atoms with Crippen molar-refractivity contribution >= 4 is 11.6 Å². The van der Waals surface area contributed by atoms with Gasteiger partial charge in [0.1, 0.15) is 5.82 Å². The van der Waals surface area contributed by atoms with E-state index < -0.39 is 0 Å². The van der Waals surface area contributed by atoms with Gasteiger partial charge in [-0.3, -0.25) is 4.98 Å². The molecule has 0 bridgehead atoms. The van der Waals surface area contributed by atoms with Crippen LogP contribution in [0.5, 0.6) is 0 Å². The van der Waals surface area contributed by atoms with Crippen LogP contribution in [0.15, 0.2) is 35.0 Å². The number of allylic oxidation sites excluding steroid dienone is 1. The number of hydrogen-bond acceptors (Lipinski definition) is 6. The molecular weight excluding hydrogens is 357 g/mol. The zero-order chi connectivity index (χ0) is 19.3. The molecule has 0 spiro atoms. The van der Waals surface area contributed by atoms with E-state index in [4.69, 9.17) is 9.40 Å². The second kappa shape index (κ2) is 6.51. The minimum absolute atomic E-state index is 0.144. The van der Waals surface area contributed by atoms with Gasteiger partial charge in [-0.1, -0.05) is 11.2 Å². The topological polar surface area (TPSA) is 76.7 Å². The number of aromatic nitrogens is 4. The van der Waals surface area contributed by atoms with Crippen molar-refractivity contribution in [2.45, 2.75) is 45.1 Å². The number of fused-ring (bicyclic) bond motifs is 1. The van der Waals surface area contributed by atoms with E-state index in [0.29, 0.717) is 17.9 Å². The molecule has 0 amide bonds. The highest BCUT2D eigenvalue weighted by Gasteiger charge is 2.27. The Hall–Kier alpha value is -3.09. The summed E-state index contributed by atoms with van der Waals surface area (Å²) in [5.41, 5.74) is 5.00. The van der Waals surface area contributed by atoms with Gasteiger partial charge in [0.25, 0.3) is 5.89 Å². The monoisotopic (exact) mass is 377 g/mol. The van der Waals surface area contributed by atoms with E-state index in [0.717, 1.165) is 28.1 Å². The molecule has 28 heavy (non-hydrogen) atoms. The van der Waals surface area contributed by atoms with Crippen molar-refractivity contribution in [2.75, 3.05) is 5.32 Å². The summed E-state index contributed by atoms with van der Waals surface area (Å²) in [5, 5.41) is 11.0. The van der Waals surface area contributed by atoms with Crippen molar-refractivity contribution in [3.8, 4) is 11.5 Å². The molecule has 6 nitrogen and oxygen atoms in total. The second-order valence-corrected chi connectivity index (χ2v) is 7.63. The molecule has 2 aromatic heterocycles. The van der Waals surface area contributed by atoms with Crippen molar-refractivity contribution in [3.63, 3.8) is 0 Å². The predicted octanol–water partition coefficient (Wildman–Crippen LogP) is 4.35. The lowest BCUT2D eigenvalue weighted by atomic mass is 10.00. The van der Waals surface area contributed by atoms with Crippen LogP contribution in [0.3, 0.4) is 0 Å². The van der Waals surface area contributed by atoms with Gasteiger partial charge in [-0.25, -0.2) is 9.37 Å². The highest BCUT2D eigenvalue weighted by atomic mass is 19.1. The largest absolute Gasteiger partial charge is 0.403 e. The van der Waals surface area contributed by atoms with Gasteiger partial charge in [-0.05, 0) is 56.4 Å². The number of anilines is 1. The number of nitrogens with zero attached hydrogens (tertiary/aromatic N) is 4. The number of benzene rings is 1. The predicted molar refractivity (Wildman–Crippen MR) is 103 cm³/mol. The molecule has 142 valence electrons. The molecule has 1 N–H and O–H groups in total. The fraction of sp³-hybridized carbons (Fsp3) is 0.333. The van der Waals surface area contributed by atoms with Gasteiger partial charge in [0.2, 0.25) is 0 Å². The van der Waals surface area contributed by atoms with E-state index in [2.05, 4.69) is 26.6 Å². The van der Waals surface area contributed by atoms with Gasteiger partial charge in [-0.2, -0.15) is 0 Å². The smallest absolute Gasteiger partial charge is 0.315 e. The third kappa shape index (κ3) is 3.06. The van der Waals surface area contributed by atoms with Crippen molar-refractivity contribution < 1.29 is 8.81 Å². The van der Waals surface area contributed by atoms with Crippen LogP contribution in [0.2, 0.25) is 0 Å². The van der Waals surface area contributed by atoms with E-state index in [-0.39, 0.29) is 23.8 Å². The Bertz CT molecular complexity index is 1080. The first kappa shape index (κ1) is 17.0. The Morgan fingerprint density at radius 3 is 2.79 bits per heavy atom. The summed E-state index contributed by atoms with van der Waals surface area (Å²) in [5.74, 6) is 0.321. The summed E-state index contributed by atoms with van der Waals surface area (Å²) in [4.78, 5) is 9.16. The lowest BCUT2D eigenvalue weighted by Gasteiger charge is -2.09. The molecule has 1 saturated carbocycles. The standard InChI is InChI=1S/C21H20FN5O/c1-11(2)24-21-27-26-20(28-21)16-8-15-13(7-17(16)22)5-6-14(15)19-10-23-9-18(25-19)12-3-4-12/h6-12H,3-5H2,1-2H3,(H,24,27). The molecule has 2 aliphatic carbocycles. The highest BCUT2D eigenvalue weighted by molar-refractivity contribution is 5.85. The van der Waals surface area contributed by atoms with Gasteiger partial charge >= 0.3 is 6.01 Å². The Morgan fingerprint density at radius 1 is 1.14 bits per heavy atom. The van der Waals surface area contributed by atoms with Crippen molar-refractivity contribution in [1.82, 2.24) is 20.2 Å². The Balaban J connectivity index is 1.52. The number of nitrogens with one attached hydrogen (secondary N) is 1. The third-order valence-electron chi connectivity index (χ3n) is 5.00. The molecule has 0 atom stereocenters. The fourth-order valence-electron chi connectivity index (χ4n) is 3.49.